The SMILES string of the molecule is O=C(OCc1ccccc1)N1CCC(C(O)C(F)(F)F)C1. The van der Waals surface area contributed by atoms with Gasteiger partial charge in [-0.3, -0.25) is 0 Å². The molecule has 1 aromatic carbocycles. The molecule has 21 heavy (non-hydrogen) atoms. The van der Waals surface area contributed by atoms with Crippen molar-refractivity contribution in [3.05, 3.63) is 35.9 Å². The van der Waals surface area contributed by atoms with Gasteiger partial charge in [-0.25, -0.2) is 4.79 Å². The van der Waals surface area contributed by atoms with Gasteiger partial charge in [-0.1, -0.05) is 30.3 Å². The third-order valence-electron chi connectivity index (χ3n) is 3.47. The van der Waals surface area contributed by atoms with Crippen LogP contribution in [0, 0.1) is 5.92 Å². The number of aliphatic hydroxyl groups is 1. The predicted octanol–water partition coefficient (Wildman–Crippen LogP) is 2.57. The third kappa shape index (κ3) is 4.10. The number of aliphatic hydroxyl groups excluding tert-OH is 1. The molecule has 2 unspecified atom stereocenters. The Labute approximate surface area is 120 Å². The largest absolute Gasteiger partial charge is 0.445 e. The molecule has 0 spiro atoms. The monoisotopic (exact) mass is 303 g/mol. The molecule has 1 amide bonds. The van der Waals surface area contributed by atoms with Crippen molar-refractivity contribution >= 4 is 6.09 Å². The molecule has 1 aromatic rings. The summed E-state index contributed by atoms with van der Waals surface area (Å²) in [4.78, 5) is 13.0. The molecule has 0 aromatic heterocycles. The number of hydrogen-bond acceptors (Lipinski definition) is 3. The van der Waals surface area contributed by atoms with E-state index in [1.54, 1.807) is 24.3 Å². The van der Waals surface area contributed by atoms with E-state index in [0.717, 1.165) is 5.56 Å². The molecule has 2 atom stereocenters. The number of amides is 1. The fourth-order valence-electron chi connectivity index (χ4n) is 2.29. The Bertz CT molecular complexity index is 478. The van der Waals surface area contributed by atoms with Gasteiger partial charge in [0.2, 0.25) is 0 Å². The summed E-state index contributed by atoms with van der Waals surface area (Å²) in [5.74, 6) is -0.991. The highest BCUT2D eigenvalue weighted by Crippen LogP contribution is 2.31. The lowest BCUT2D eigenvalue weighted by molar-refractivity contribution is -0.217. The summed E-state index contributed by atoms with van der Waals surface area (Å²) in [7, 11) is 0. The molecule has 7 heteroatoms. The van der Waals surface area contributed by atoms with E-state index < -0.39 is 24.3 Å². The van der Waals surface area contributed by atoms with Gasteiger partial charge in [-0.15, -0.1) is 0 Å². The Morgan fingerprint density at radius 1 is 1.38 bits per heavy atom. The first-order chi connectivity index (χ1) is 9.88. The molecule has 1 heterocycles. The molecular weight excluding hydrogens is 287 g/mol. The predicted molar refractivity (Wildman–Crippen MR) is 68.4 cm³/mol. The molecule has 1 aliphatic heterocycles. The lowest BCUT2D eigenvalue weighted by Crippen LogP contribution is -2.38. The van der Waals surface area contributed by atoms with Gasteiger partial charge < -0.3 is 14.7 Å². The van der Waals surface area contributed by atoms with E-state index in [-0.39, 0.29) is 26.1 Å². The fraction of sp³-hybridized carbons (Fsp3) is 0.500. The highest BCUT2D eigenvalue weighted by molar-refractivity contribution is 5.68. The van der Waals surface area contributed by atoms with Gasteiger partial charge in [0.05, 0.1) is 0 Å². The Hall–Kier alpha value is -1.76. The molecule has 1 N–H and O–H groups in total. The Kier molecular flexibility index (Phi) is 4.72. The van der Waals surface area contributed by atoms with Crippen LogP contribution in [0.3, 0.4) is 0 Å². The summed E-state index contributed by atoms with van der Waals surface area (Å²) in [6.07, 6.45) is -7.60. The summed E-state index contributed by atoms with van der Waals surface area (Å²) in [5.41, 5.74) is 0.803. The average Bonchev–Trinajstić information content (AvgIpc) is 2.93. The number of nitrogens with zero attached hydrogens (tertiary/aromatic N) is 1. The molecule has 1 saturated heterocycles. The van der Waals surface area contributed by atoms with Crippen molar-refractivity contribution in [1.29, 1.82) is 0 Å². The minimum Gasteiger partial charge on any atom is -0.445 e. The van der Waals surface area contributed by atoms with E-state index in [9.17, 15) is 23.1 Å². The lowest BCUT2D eigenvalue weighted by Gasteiger charge is -2.21. The Balaban J connectivity index is 1.82. The highest BCUT2D eigenvalue weighted by Gasteiger charge is 2.46. The van der Waals surface area contributed by atoms with E-state index in [0.29, 0.717) is 0 Å². The van der Waals surface area contributed by atoms with E-state index in [1.165, 1.54) is 4.90 Å². The zero-order valence-electron chi connectivity index (χ0n) is 11.2. The topological polar surface area (TPSA) is 49.8 Å². The zero-order chi connectivity index (χ0) is 15.5. The number of benzene rings is 1. The van der Waals surface area contributed by atoms with Crippen LogP contribution in [0.2, 0.25) is 0 Å². The molecule has 1 aliphatic rings. The number of carbonyl (C=O) groups excluding carboxylic acids is 1. The van der Waals surface area contributed by atoms with Gasteiger partial charge in [0.1, 0.15) is 6.61 Å². The first kappa shape index (κ1) is 15.6. The quantitative estimate of drug-likeness (QED) is 0.933. The molecule has 4 nitrogen and oxygen atoms in total. The molecule has 0 bridgehead atoms. The van der Waals surface area contributed by atoms with Crippen LogP contribution >= 0.6 is 0 Å². The number of likely N-dealkylation sites (tertiary alicyclic amines) is 1. The van der Waals surface area contributed by atoms with Gasteiger partial charge in [-0.05, 0) is 12.0 Å². The summed E-state index contributed by atoms with van der Waals surface area (Å²) < 4.78 is 42.3. The summed E-state index contributed by atoms with van der Waals surface area (Å²) in [6.45, 7) is 0.0857. The van der Waals surface area contributed by atoms with Crippen molar-refractivity contribution < 1.29 is 27.8 Å². The maximum absolute atomic E-state index is 12.4. The standard InChI is InChI=1S/C14H16F3NO3/c15-14(16,17)12(19)11-6-7-18(8-11)13(20)21-9-10-4-2-1-3-5-10/h1-5,11-12,19H,6-9H2. The van der Waals surface area contributed by atoms with E-state index in [4.69, 9.17) is 4.74 Å². The van der Waals surface area contributed by atoms with Crippen LogP contribution in [0.25, 0.3) is 0 Å². The number of carbonyl (C=O) groups is 1. The minimum absolute atomic E-state index is 0.0721. The third-order valence-corrected chi connectivity index (χ3v) is 3.47. The molecule has 2 rings (SSSR count). The van der Waals surface area contributed by atoms with Crippen LogP contribution < -0.4 is 0 Å². The second kappa shape index (κ2) is 6.34. The normalized spacial score (nSPS) is 20.4. The smallest absolute Gasteiger partial charge is 0.414 e. The van der Waals surface area contributed by atoms with E-state index >= 15 is 0 Å². The molecule has 0 radical (unpaired) electrons. The summed E-state index contributed by atoms with van der Waals surface area (Å²) in [5, 5.41) is 9.19. The van der Waals surface area contributed by atoms with Gasteiger partial charge >= 0.3 is 12.3 Å². The number of alkyl halides is 3. The van der Waals surface area contributed by atoms with Crippen LogP contribution in [0.1, 0.15) is 12.0 Å². The first-order valence-electron chi connectivity index (χ1n) is 6.58. The Morgan fingerprint density at radius 3 is 2.67 bits per heavy atom. The molecule has 1 fully saturated rings. The fourth-order valence-corrected chi connectivity index (χ4v) is 2.29. The van der Waals surface area contributed by atoms with Crippen molar-refractivity contribution in [3.8, 4) is 0 Å². The van der Waals surface area contributed by atoms with Crippen molar-refractivity contribution in [2.24, 2.45) is 5.92 Å². The van der Waals surface area contributed by atoms with Crippen LogP contribution in [0.5, 0.6) is 0 Å². The minimum atomic E-state index is -4.66. The first-order valence-corrected chi connectivity index (χ1v) is 6.58. The maximum Gasteiger partial charge on any atom is 0.414 e. The van der Waals surface area contributed by atoms with Crippen LogP contribution in [-0.4, -0.2) is 41.5 Å². The van der Waals surface area contributed by atoms with Crippen LogP contribution in [-0.2, 0) is 11.3 Å². The van der Waals surface area contributed by atoms with Gasteiger partial charge in [0.15, 0.2) is 6.10 Å². The molecule has 116 valence electrons. The highest BCUT2D eigenvalue weighted by atomic mass is 19.4. The molecule has 0 aliphatic carbocycles. The van der Waals surface area contributed by atoms with Gasteiger partial charge in [0, 0.05) is 19.0 Å². The van der Waals surface area contributed by atoms with Crippen LogP contribution in [0.4, 0.5) is 18.0 Å². The van der Waals surface area contributed by atoms with Crippen molar-refractivity contribution in [1.82, 2.24) is 4.90 Å². The maximum atomic E-state index is 12.4. The molecular formula is C14H16F3NO3. The van der Waals surface area contributed by atoms with Crippen molar-refractivity contribution in [2.45, 2.75) is 25.3 Å². The Morgan fingerprint density at radius 2 is 2.05 bits per heavy atom. The van der Waals surface area contributed by atoms with Crippen molar-refractivity contribution in [2.75, 3.05) is 13.1 Å². The second-order valence-corrected chi connectivity index (χ2v) is 5.02. The lowest BCUT2D eigenvalue weighted by atomic mass is 10.0. The van der Waals surface area contributed by atoms with E-state index in [2.05, 4.69) is 0 Å². The average molecular weight is 303 g/mol. The van der Waals surface area contributed by atoms with Gasteiger partial charge in [0.25, 0.3) is 0 Å². The number of halogens is 3. The summed E-state index contributed by atoms with van der Waals surface area (Å²) >= 11 is 0. The van der Waals surface area contributed by atoms with Crippen molar-refractivity contribution in [3.63, 3.8) is 0 Å². The number of hydrogen-bond donors (Lipinski definition) is 1. The van der Waals surface area contributed by atoms with E-state index in [1.807, 2.05) is 6.07 Å². The molecule has 0 saturated carbocycles. The number of rotatable bonds is 3. The second-order valence-electron chi connectivity index (χ2n) is 5.02. The van der Waals surface area contributed by atoms with Crippen LogP contribution in [0.15, 0.2) is 30.3 Å². The number of ether oxygens (including phenoxy) is 1. The zero-order valence-corrected chi connectivity index (χ0v) is 11.2. The van der Waals surface area contributed by atoms with Gasteiger partial charge in [-0.2, -0.15) is 13.2 Å². The summed E-state index contributed by atoms with van der Waals surface area (Å²) in [6, 6.07) is 9.00.